The average Bonchev–Trinajstić information content (AvgIpc) is 2.94. The normalized spacial score (nSPS) is 15.3. The second-order valence-electron chi connectivity index (χ2n) is 6.24. The van der Waals surface area contributed by atoms with Gasteiger partial charge in [0, 0.05) is 5.02 Å². The predicted molar refractivity (Wildman–Crippen MR) is 104 cm³/mol. The zero-order valence-corrected chi connectivity index (χ0v) is 15.8. The molecule has 1 heterocycles. The van der Waals surface area contributed by atoms with Crippen LogP contribution in [0.1, 0.15) is 25.0 Å². The van der Waals surface area contributed by atoms with Crippen molar-refractivity contribution in [2.45, 2.75) is 13.8 Å². The smallest absolute Gasteiger partial charge is 0.363 e. The number of nitrogens with zero attached hydrogens (tertiary/aromatic N) is 1. The summed E-state index contributed by atoms with van der Waals surface area (Å²) in [4.78, 5) is 16.4. The zero-order valence-electron chi connectivity index (χ0n) is 14.3. The van der Waals surface area contributed by atoms with Gasteiger partial charge < -0.3 is 9.47 Å². The fourth-order valence-electron chi connectivity index (χ4n) is 2.30. The molecule has 1 aliphatic rings. The van der Waals surface area contributed by atoms with Gasteiger partial charge in [0.25, 0.3) is 0 Å². The molecule has 1 aliphatic heterocycles. The van der Waals surface area contributed by atoms with E-state index in [0.29, 0.717) is 28.1 Å². The van der Waals surface area contributed by atoms with Gasteiger partial charge in [-0.2, -0.15) is 0 Å². The number of hydrogen-bond acceptors (Lipinski definition) is 4. The lowest BCUT2D eigenvalue weighted by molar-refractivity contribution is -0.129. The van der Waals surface area contributed by atoms with E-state index in [9.17, 15) is 4.79 Å². The highest BCUT2D eigenvalue weighted by atomic mass is 35.5. The summed E-state index contributed by atoms with van der Waals surface area (Å²) >= 11 is 12.0. The second kappa shape index (κ2) is 7.94. The summed E-state index contributed by atoms with van der Waals surface area (Å²) in [5, 5.41) is 0.868. The van der Waals surface area contributed by atoms with Gasteiger partial charge in [-0.15, -0.1) is 0 Å². The molecule has 0 saturated heterocycles. The van der Waals surface area contributed by atoms with Crippen molar-refractivity contribution in [2.75, 3.05) is 6.61 Å². The first kappa shape index (κ1) is 18.5. The van der Waals surface area contributed by atoms with Gasteiger partial charge in [-0.25, -0.2) is 9.79 Å². The average molecular weight is 390 g/mol. The summed E-state index contributed by atoms with van der Waals surface area (Å²) in [5.74, 6) is 0.803. The van der Waals surface area contributed by atoms with Crippen LogP contribution in [0.4, 0.5) is 0 Å². The minimum Gasteiger partial charge on any atom is -0.493 e. The molecule has 26 heavy (non-hydrogen) atoms. The number of hydrogen-bond donors (Lipinski definition) is 0. The number of benzene rings is 2. The SMILES string of the molecule is CC(C)COc1cccc(/C=C2\N=C(c3ccc(Cl)cc3Cl)OC2=O)c1. The first-order valence-electron chi connectivity index (χ1n) is 8.13. The summed E-state index contributed by atoms with van der Waals surface area (Å²) in [5.41, 5.74) is 1.51. The highest BCUT2D eigenvalue weighted by molar-refractivity contribution is 6.37. The monoisotopic (exact) mass is 389 g/mol. The standard InChI is InChI=1S/C20H17Cl2NO3/c1-12(2)11-25-15-5-3-4-13(8-15)9-18-20(24)26-19(23-18)16-7-6-14(21)10-17(16)22/h3-10,12H,11H2,1-2H3/b18-9-. The fourth-order valence-corrected chi connectivity index (χ4v) is 2.79. The van der Waals surface area contributed by atoms with Crippen molar-refractivity contribution in [3.05, 3.63) is 69.3 Å². The number of cyclic esters (lactones) is 1. The Morgan fingerprint density at radius 3 is 2.73 bits per heavy atom. The number of ether oxygens (including phenoxy) is 2. The van der Waals surface area contributed by atoms with Gasteiger partial charge in [0.15, 0.2) is 5.70 Å². The van der Waals surface area contributed by atoms with Gasteiger partial charge in [0.1, 0.15) is 5.75 Å². The van der Waals surface area contributed by atoms with Gasteiger partial charge in [-0.05, 0) is 47.9 Å². The van der Waals surface area contributed by atoms with Crippen molar-refractivity contribution >= 4 is 41.1 Å². The molecule has 3 rings (SSSR count). The zero-order chi connectivity index (χ0) is 18.7. The molecule has 4 nitrogen and oxygen atoms in total. The minimum absolute atomic E-state index is 0.162. The molecule has 0 aliphatic carbocycles. The van der Waals surface area contributed by atoms with E-state index in [1.54, 1.807) is 24.3 Å². The quantitative estimate of drug-likeness (QED) is 0.509. The number of aliphatic imine (C=N–C) groups is 1. The topological polar surface area (TPSA) is 47.9 Å². The Morgan fingerprint density at radius 2 is 2.00 bits per heavy atom. The van der Waals surface area contributed by atoms with Gasteiger partial charge in [-0.1, -0.05) is 49.2 Å². The molecular weight excluding hydrogens is 373 g/mol. The van der Waals surface area contributed by atoms with E-state index in [2.05, 4.69) is 18.8 Å². The Kier molecular flexibility index (Phi) is 5.64. The lowest BCUT2D eigenvalue weighted by Gasteiger charge is -2.08. The maximum Gasteiger partial charge on any atom is 0.363 e. The summed E-state index contributed by atoms with van der Waals surface area (Å²) < 4.78 is 11.0. The summed E-state index contributed by atoms with van der Waals surface area (Å²) in [6, 6.07) is 12.4. The van der Waals surface area contributed by atoms with Crippen LogP contribution in [0.3, 0.4) is 0 Å². The van der Waals surface area contributed by atoms with Crippen molar-refractivity contribution in [3.8, 4) is 5.75 Å². The Balaban J connectivity index is 1.85. The van der Waals surface area contributed by atoms with E-state index < -0.39 is 5.97 Å². The molecule has 0 unspecified atom stereocenters. The van der Waals surface area contributed by atoms with Crippen LogP contribution in [0.5, 0.6) is 5.75 Å². The van der Waals surface area contributed by atoms with Crippen molar-refractivity contribution in [2.24, 2.45) is 10.9 Å². The van der Waals surface area contributed by atoms with E-state index in [1.165, 1.54) is 0 Å². The second-order valence-corrected chi connectivity index (χ2v) is 7.08. The molecule has 0 aromatic heterocycles. The Morgan fingerprint density at radius 1 is 1.19 bits per heavy atom. The van der Waals surface area contributed by atoms with Gasteiger partial charge in [-0.3, -0.25) is 0 Å². The van der Waals surface area contributed by atoms with E-state index in [-0.39, 0.29) is 11.6 Å². The van der Waals surface area contributed by atoms with Crippen LogP contribution in [0.2, 0.25) is 10.0 Å². The summed E-state index contributed by atoms with van der Waals surface area (Å²) in [6.07, 6.45) is 1.65. The Hall–Kier alpha value is -2.30. The maximum atomic E-state index is 12.1. The molecule has 2 aromatic carbocycles. The van der Waals surface area contributed by atoms with Crippen LogP contribution in [0, 0.1) is 5.92 Å². The predicted octanol–water partition coefficient (Wildman–Crippen LogP) is 5.37. The molecule has 0 radical (unpaired) electrons. The van der Waals surface area contributed by atoms with Crippen molar-refractivity contribution in [1.29, 1.82) is 0 Å². The van der Waals surface area contributed by atoms with E-state index in [1.807, 2.05) is 24.3 Å². The largest absolute Gasteiger partial charge is 0.493 e. The third kappa shape index (κ3) is 4.45. The minimum atomic E-state index is -0.528. The van der Waals surface area contributed by atoms with Crippen LogP contribution in [-0.2, 0) is 9.53 Å². The van der Waals surface area contributed by atoms with Crippen molar-refractivity contribution in [3.63, 3.8) is 0 Å². The Labute approximate surface area is 162 Å². The van der Waals surface area contributed by atoms with Crippen molar-refractivity contribution in [1.82, 2.24) is 0 Å². The molecule has 0 fully saturated rings. The Bertz CT molecular complexity index is 904. The fraction of sp³-hybridized carbons (Fsp3) is 0.200. The molecule has 0 saturated carbocycles. The lowest BCUT2D eigenvalue weighted by atomic mass is 10.2. The molecule has 6 heteroatoms. The van der Waals surface area contributed by atoms with Crippen LogP contribution in [0.25, 0.3) is 6.08 Å². The maximum absolute atomic E-state index is 12.1. The highest BCUT2D eigenvalue weighted by Crippen LogP contribution is 2.26. The van der Waals surface area contributed by atoms with E-state index in [4.69, 9.17) is 32.7 Å². The number of carbonyl (C=O) groups excluding carboxylic acids is 1. The number of rotatable bonds is 5. The van der Waals surface area contributed by atoms with E-state index >= 15 is 0 Å². The third-order valence-electron chi connectivity index (χ3n) is 3.53. The van der Waals surface area contributed by atoms with Crippen LogP contribution < -0.4 is 4.74 Å². The first-order valence-corrected chi connectivity index (χ1v) is 8.89. The molecule has 0 amide bonds. The van der Waals surface area contributed by atoms with E-state index in [0.717, 1.165) is 11.3 Å². The summed E-state index contributed by atoms with van der Waals surface area (Å²) in [6.45, 7) is 4.79. The van der Waals surface area contributed by atoms with Crippen LogP contribution in [-0.4, -0.2) is 18.5 Å². The molecule has 134 valence electrons. The van der Waals surface area contributed by atoms with Crippen molar-refractivity contribution < 1.29 is 14.3 Å². The highest BCUT2D eigenvalue weighted by Gasteiger charge is 2.25. The number of halogens is 2. The molecule has 0 N–H and O–H groups in total. The number of carbonyl (C=O) groups is 1. The van der Waals surface area contributed by atoms with Gasteiger partial charge >= 0.3 is 5.97 Å². The summed E-state index contributed by atoms with van der Waals surface area (Å²) in [7, 11) is 0. The van der Waals surface area contributed by atoms with Crippen LogP contribution >= 0.6 is 23.2 Å². The molecular formula is C20H17Cl2NO3. The molecule has 0 atom stereocenters. The molecule has 2 aromatic rings. The molecule has 0 spiro atoms. The van der Waals surface area contributed by atoms with Gasteiger partial charge in [0.2, 0.25) is 5.90 Å². The third-order valence-corrected chi connectivity index (χ3v) is 4.07. The molecule has 0 bridgehead atoms. The lowest BCUT2D eigenvalue weighted by Crippen LogP contribution is -2.06. The number of esters is 1. The first-order chi connectivity index (χ1) is 12.4. The van der Waals surface area contributed by atoms with Crippen LogP contribution in [0.15, 0.2) is 53.2 Å². The van der Waals surface area contributed by atoms with Gasteiger partial charge in [0.05, 0.1) is 17.2 Å².